The van der Waals surface area contributed by atoms with E-state index in [9.17, 15) is 14.4 Å². The van der Waals surface area contributed by atoms with Gasteiger partial charge in [-0.3, -0.25) is 19.3 Å². The quantitative estimate of drug-likeness (QED) is 0.715. The van der Waals surface area contributed by atoms with E-state index in [0.29, 0.717) is 0 Å². The molecule has 0 aromatic rings. The number of carbonyl (C=O) groups is 3. The van der Waals surface area contributed by atoms with Crippen molar-refractivity contribution in [3.63, 3.8) is 0 Å². The minimum Gasteiger partial charge on any atom is -0.480 e. The zero-order valence-corrected chi connectivity index (χ0v) is 13.0. The zero-order valence-electron chi connectivity index (χ0n) is 13.0. The fourth-order valence-electron chi connectivity index (χ4n) is 2.29. The zero-order chi connectivity index (χ0) is 16.0. The normalized spacial score (nSPS) is 18.2. The topological polar surface area (TPSA) is 90.0 Å². The number of carbonyl (C=O) groups excluding carboxylic acids is 2. The van der Waals surface area contributed by atoms with E-state index in [4.69, 9.17) is 5.11 Å². The third kappa shape index (κ3) is 5.34. The van der Waals surface area contributed by atoms with Crippen LogP contribution >= 0.6 is 0 Å². The van der Waals surface area contributed by atoms with Crippen LogP contribution in [-0.2, 0) is 14.4 Å². The molecular formula is C14H25N3O4. The number of amides is 2. The number of aliphatic carboxylic acids is 1. The predicted octanol–water partition coefficient (Wildman–Crippen LogP) is -0.0915. The van der Waals surface area contributed by atoms with Crippen LogP contribution in [0.2, 0.25) is 0 Å². The van der Waals surface area contributed by atoms with E-state index < -0.39 is 18.1 Å². The van der Waals surface area contributed by atoms with Crippen LogP contribution in [0.5, 0.6) is 0 Å². The van der Waals surface area contributed by atoms with Gasteiger partial charge >= 0.3 is 5.97 Å². The average molecular weight is 299 g/mol. The summed E-state index contributed by atoms with van der Waals surface area (Å²) in [5.41, 5.74) is 0. The Bertz CT molecular complexity index is 394. The number of rotatable bonds is 6. The first-order valence-electron chi connectivity index (χ1n) is 7.34. The van der Waals surface area contributed by atoms with Gasteiger partial charge in [0.25, 0.3) is 0 Å². The summed E-state index contributed by atoms with van der Waals surface area (Å²) < 4.78 is 0. The highest BCUT2D eigenvalue weighted by atomic mass is 16.4. The van der Waals surface area contributed by atoms with Crippen LogP contribution in [0.4, 0.5) is 0 Å². The molecule has 0 aromatic heterocycles. The predicted molar refractivity (Wildman–Crippen MR) is 77.8 cm³/mol. The average Bonchev–Trinajstić information content (AvgIpc) is 2.46. The molecule has 0 spiro atoms. The van der Waals surface area contributed by atoms with Crippen molar-refractivity contribution in [1.29, 1.82) is 0 Å². The first-order chi connectivity index (χ1) is 9.82. The van der Waals surface area contributed by atoms with E-state index in [1.54, 1.807) is 18.9 Å². The molecular weight excluding hydrogens is 274 g/mol. The van der Waals surface area contributed by atoms with Crippen molar-refractivity contribution in [3.05, 3.63) is 0 Å². The standard InChI is InChI=1S/C14H25N3O4/c1-10(13(19)17-7-5-4-6-8-17)15-12(18)9-16(3)11(2)14(20)21/h10-11H,4-9H2,1-3H3,(H,15,18)(H,20,21). The molecule has 2 N–H and O–H groups in total. The Morgan fingerprint density at radius 3 is 2.29 bits per heavy atom. The monoisotopic (exact) mass is 299 g/mol. The minimum absolute atomic E-state index is 0.0505. The van der Waals surface area contributed by atoms with Gasteiger partial charge in [-0.2, -0.15) is 0 Å². The van der Waals surface area contributed by atoms with Crippen molar-refractivity contribution >= 4 is 17.8 Å². The highest BCUT2D eigenvalue weighted by molar-refractivity contribution is 5.88. The molecule has 120 valence electrons. The lowest BCUT2D eigenvalue weighted by Crippen LogP contribution is -2.51. The van der Waals surface area contributed by atoms with Crippen molar-refractivity contribution in [1.82, 2.24) is 15.1 Å². The first-order valence-corrected chi connectivity index (χ1v) is 7.34. The Balaban J connectivity index is 2.42. The second kappa shape index (κ2) is 7.97. The highest BCUT2D eigenvalue weighted by Crippen LogP contribution is 2.09. The lowest BCUT2D eigenvalue weighted by Gasteiger charge is -2.29. The van der Waals surface area contributed by atoms with Gasteiger partial charge in [-0.05, 0) is 40.2 Å². The highest BCUT2D eigenvalue weighted by Gasteiger charge is 2.25. The van der Waals surface area contributed by atoms with Gasteiger partial charge in [0, 0.05) is 13.1 Å². The Morgan fingerprint density at radius 2 is 1.76 bits per heavy atom. The molecule has 7 nitrogen and oxygen atoms in total. The summed E-state index contributed by atoms with van der Waals surface area (Å²) in [5, 5.41) is 11.5. The maximum Gasteiger partial charge on any atom is 0.320 e. The molecule has 1 aliphatic rings. The molecule has 0 bridgehead atoms. The van der Waals surface area contributed by atoms with Crippen LogP contribution in [-0.4, -0.2) is 71.5 Å². The van der Waals surface area contributed by atoms with E-state index in [-0.39, 0.29) is 18.4 Å². The molecule has 1 rings (SSSR count). The Kier molecular flexibility index (Phi) is 6.61. The van der Waals surface area contributed by atoms with E-state index >= 15 is 0 Å². The second-order valence-electron chi connectivity index (χ2n) is 5.60. The molecule has 0 saturated carbocycles. The van der Waals surface area contributed by atoms with Crippen molar-refractivity contribution in [3.8, 4) is 0 Å². The molecule has 21 heavy (non-hydrogen) atoms. The van der Waals surface area contributed by atoms with E-state index in [0.717, 1.165) is 32.4 Å². The fourth-order valence-corrected chi connectivity index (χ4v) is 2.29. The molecule has 1 saturated heterocycles. The number of carboxylic acids is 1. The number of carboxylic acid groups (broad SMARTS) is 1. The maximum absolute atomic E-state index is 12.2. The third-order valence-electron chi connectivity index (χ3n) is 3.83. The molecule has 2 amide bonds. The van der Waals surface area contributed by atoms with Crippen molar-refractivity contribution in [2.75, 3.05) is 26.7 Å². The summed E-state index contributed by atoms with van der Waals surface area (Å²) in [7, 11) is 1.56. The number of nitrogens with zero attached hydrogens (tertiary/aromatic N) is 2. The Labute approximate surface area is 125 Å². The summed E-state index contributed by atoms with van der Waals surface area (Å²) in [6.45, 7) is 4.61. The number of piperidine rings is 1. The van der Waals surface area contributed by atoms with Crippen molar-refractivity contribution < 1.29 is 19.5 Å². The molecule has 1 aliphatic heterocycles. The van der Waals surface area contributed by atoms with E-state index in [2.05, 4.69) is 5.32 Å². The number of likely N-dealkylation sites (tertiary alicyclic amines) is 1. The molecule has 2 unspecified atom stereocenters. The van der Waals surface area contributed by atoms with Gasteiger partial charge < -0.3 is 15.3 Å². The Morgan fingerprint density at radius 1 is 1.19 bits per heavy atom. The Hall–Kier alpha value is -1.63. The molecule has 0 radical (unpaired) electrons. The fraction of sp³-hybridized carbons (Fsp3) is 0.786. The smallest absolute Gasteiger partial charge is 0.320 e. The number of likely N-dealkylation sites (N-methyl/N-ethyl adjacent to an activating group) is 1. The van der Waals surface area contributed by atoms with Gasteiger partial charge in [0.05, 0.1) is 6.54 Å². The minimum atomic E-state index is -0.984. The second-order valence-corrected chi connectivity index (χ2v) is 5.60. The molecule has 7 heteroatoms. The molecule has 0 aliphatic carbocycles. The molecule has 2 atom stereocenters. The summed E-state index contributed by atoms with van der Waals surface area (Å²) >= 11 is 0. The van der Waals surface area contributed by atoms with Crippen LogP contribution in [0, 0.1) is 0 Å². The number of hydrogen-bond donors (Lipinski definition) is 2. The van der Waals surface area contributed by atoms with Crippen molar-refractivity contribution in [2.45, 2.75) is 45.2 Å². The van der Waals surface area contributed by atoms with Gasteiger partial charge in [0.1, 0.15) is 12.1 Å². The van der Waals surface area contributed by atoms with Crippen molar-refractivity contribution in [2.24, 2.45) is 0 Å². The number of nitrogens with one attached hydrogen (secondary N) is 1. The lowest BCUT2D eigenvalue weighted by molar-refractivity contribution is -0.143. The van der Waals surface area contributed by atoms with Gasteiger partial charge in [0.15, 0.2) is 0 Å². The van der Waals surface area contributed by atoms with Gasteiger partial charge in [-0.1, -0.05) is 0 Å². The van der Waals surface area contributed by atoms with Crippen LogP contribution < -0.4 is 5.32 Å². The molecule has 0 aromatic carbocycles. The van der Waals surface area contributed by atoms with Gasteiger partial charge in [0.2, 0.25) is 11.8 Å². The largest absolute Gasteiger partial charge is 0.480 e. The number of hydrogen-bond acceptors (Lipinski definition) is 4. The van der Waals surface area contributed by atoms with E-state index in [1.807, 2.05) is 0 Å². The summed E-state index contributed by atoms with van der Waals surface area (Å²) in [4.78, 5) is 38.1. The van der Waals surface area contributed by atoms with Crippen LogP contribution in [0.3, 0.4) is 0 Å². The SMILES string of the molecule is CC(NC(=O)CN(C)C(C)C(=O)O)C(=O)N1CCCCC1. The summed E-state index contributed by atoms with van der Waals surface area (Å²) in [6, 6.07) is -1.33. The van der Waals surface area contributed by atoms with Crippen LogP contribution in [0.25, 0.3) is 0 Å². The van der Waals surface area contributed by atoms with Gasteiger partial charge in [-0.15, -0.1) is 0 Å². The summed E-state index contributed by atoms with van der Waals surface area (Å²) in [5.74, 6) is -1.40. The first kappa shape index (κ1) is 17.4. The maximum atomic E-state index is 12.2. The van der Waals surface area contributed by atoms with Crippen LogP contribution in [0.15, 0.2) is 0 Å². The van der Waals surface area contributed by atoms with E-state index in [1.165, 1.54) is 11.8 Å². The molecule has 1 heterocycles. The van der Waals surface area contributed by atoms with Gasteiger partial charge in [-0.25, -0.2) is 0 Å². The third-order valence-corrected chi connectivity index (χ3v) is 3.83. The van der Waals surface area contributed by atoms with Crippen LogP contribution in [0.1, 0.15) is 33.1 Å². The summed E-state index contributed by atoms with van der Waals surface area (Å²) in [6.07, 6.45) is 3.15. The molecule has 1 fully saturated rings. The lowest BCUT2D eigenvalue weighted by atomic mass is 10.1.